The van der Waals surface area contributed by atoms with E-state index in [9.17, 15) is 4.79 Å². The lowest BCUT2D eigenvalue weighted by atomic mass is 10.1. The third-order valence-corrected chi connectivity index (χ3v) is 5.37. The Kier molecular flexibility index (Phi) is 10.9. The first kappa shape index (κ1) is 27.5. The smallest absolute Gasteiger partial charge is 0.220 e. The van der Waals surface area contributed by atoms with Crippen molar-refractivity contribution in [3.05, 3.63) is 71.9 Å². The highest BCUT2D eigenvalue weighted by atomic mass is 16.1. The van der Waals surface area contributed by atoms with Crippen molar-refractivity contribution in [3.8, 4) is 11.1 Å². The Balaban J connectivity index is 0.00000103. The highest BCUT2D eigenvalue weighted by Gasteiger charge is 2.17. The summed E-state index contributed by atoms with van der Waals surface area (Å²) in [5.74, 6) is 0.526. The number of nitrogens with two attached hydrogens (primary N) is 1. The molecule has 186 valence electrons. The molecule has 0 bridgehead atoms. The molecular formula is C28H38N6O. The fourth-order valence-electron chi connectivity index (χ4n) is 3.63. The summed E-state index contributed by atoms with van der Waals surface area (Å²) in [5.41, 5.74) is 12.5. The van der Waals surface area contributed by atoms with Gasteiger partial charge in [-0.15, -0.1) is 0 Å². The van der Waals surface area contributed by atoms with E-state index in [1.807, 2.05) is 72.0 Å². The Bertz CT molecular complexity index is 1200. The van der Waals surface area contributed by atoms with Crippen LogP contribution in [-0.4, -0.2) is 25.5 Å². The number of aromatic nitrogens is 4. The van der Waals surface area contributed by atoms with E-state index in [0.29, 0.717) is 30.9 Å². The number of nitrogens with one attached hydrogen (secondary N) is 1. The number of pyridine rings is 1. The number of fused-ring (bicyclic) bond motifs is 1. The maximum Gasteiger partial charge on any atom is 0.220 e. The topological polar surface area (TPSA) is 98.2 Å². The fraction of sp³-hybridized carbons (Fsp3) is 0.357. The lowest BCUT2D eigenvalue weighted by Gasteiger charge is -2.13. The maximum atomic E-state index is 11.7. The molecule has 0 radical (unpaired) electrons. The van der Waals surface area contributed by atoms with Gasteiger partial charge in [-0.05, 0) is 24.5 Å². The third kappa shape index (κ3) is 6.44. The van der Waals surface area contributed by atoms with Crippen molar-refractivity contribution in [1.29, 1.82) is 0 Å². The predicted molar refractivity (Wildman–Crippen MR) is 146 cm³/mol. The third-order valence-electron chi connectivity index (χ3n) is 5.37. The minimum Gasteiger partial charge on any atom is -0.383 e. The summed E-state index contributed by atoms with van der Waals surface area (Å²) in [6.45, 7) is 12.2. The predicted octanol–water partition coefficient (Wildman–Crippen LogP) is 5.91. The van der Waals surface area contributed by atoms with E-state index in [-0.39, 0.29) is 5.91 Å². The van der Waals surface area contributed by atoms with Crippen LogP contribution >= 0.6 is 0 Å². The second kappa shape index (κ2) is 13.8. The monoisotopic (exact) mass is 474 g/mol. The van der Waals surface area contributed by atoms with Crippen LogP contribution in [0.1, 0.15) is 71.3 Å². The maximum absolute atomic E-state index is 11.7. The number of nitrogens with zero attached hydrogens (tertiary/aromatic N) is 4. The Hall–Kier alpha value is -3.74. The second-order valence-electron chi connectivity index (χ2n) is 7.31. The second-order valence-corrected chi connectivity index (χ2v) is 7.31. The number of amides is 1. The number of carbonyl (C=O) groups excluding carboxylic acids is 1. The van der Waals surface area contributed by atoms with E-state index in [0.717, 1.165) is 40.1 Å². The Morgan fingerprint density at radius 1 is 1.11 bits per heavy atom. The lowest BCUT2D eigenvalue weighted by molar-refractivity contribution is -0.120. The van der Waals surface area contributed by atoms with Crippen LogP contribution in [0.25, 0.3) is 22.3 Å². The molecular weight excluding hydrogens is 436 g/mol. The van der Waals surface area contributed by atoms with E-state index in [1.165, 1.54) is 0 Å². The first-order valence-electron chi connectivity index (χ1n) is 12.5. The van der Waals surface area contributed by atoms with Gasteiger partial charge in [0.15, 0.2) is 5.65 Å². The SMILES string of the molecule is CC.CC.CCC(=O)NCc1nc2c(-c3ccc(C4=CCC=CC=C4)nc3)cnn2c(N)c1CC. The Labute approximate surface area is 208 Å². The number of hydrogen-bond donors (Lipinski definition) is 2. The summed E-state index contributed by atoms with van der Waals surface area (Å²) in [6.07, 6.45) is 16.0. The molecule has 1 aliphatic carbocycles. The van der Waals surface area contributed by atoms with Crippen LogP contribution in [0.15, 0.2) is 54.9 Å². The van der Waals surface area contributed by atoms with E-state index in [4.69, 9.17) is 10.7 Å². The average Bonchev–Trinajstić information content (AvgIpc) is 3.15. The number of anilines is 1. The van der Waals surface area contributed by atoms with E-state index in [1.54, 1.807) is 10.7 Å². The molecule has 0 saturated heterocycles. The van der Waals surface area contributed by atoms with Crippen molar-refractivity contribution in [3.63, 3.8) is 0 Å². The van der Waals surface area contributed by atoms with Crippen LogP contribution < -0.4 is 11.1 Å². The van der Waals surface area contributed by atoms with Crippen LogP contribution in [0.5, 0.6) is 0 Å². The largest absolute Gasteiger partial charge is 0.383 e. The van der Waals surface area contributed by atoms with Gasteiger partial charge < -0.3 is 11.1 Å². The lowest BCUT2D eigenvalue weighted by Crippen LogP contribution is -2.23. The molecule has 0 unspecified atom stereocenters. The highest BCUT2D eigenvalue weighted by molar-refractivity contribution is 5.80. The molecule has 0 aliphatic heterocycles. The molecule has 4 rings (SSSR count). The number of allylic oxidation sites excluding steroid dienone is 6. The zero-order valence-corrected chi connectivity index (χ0v) is 21.8. The first-order valence-corrected chi connectivity index (χ1v) is 12.5. The van der Waals surface area contributed by atoms with Crippen molar-refractivity contribution in [2.24, 2.45) is 0 Å². The van der Waals surface area contributed by atoms with Crippen LogP contribution in [0.3, 0.4) is 0 Å². The summed E-state index contributed by atoms with van der Waals surface area (Å²) in [6, 6.07) is 4.03. The van der Waals surface area contributed by atoms with Gasteiger partial charge in [-0.2, -0.15) is 9.61 Å². The minimum atomic E-state index is -0.0205. The van der Waals surface area contributed by atoms with Crippen molar-refractivity contribution < 1.29 is 4.79 Å². The molecule has 3 heterocycles. The summed E-state index contributed by atoms with van der Waals surface area (Å²) in [5, 5.41) is 7.36. The number of hydrogen-bond acceptors (Lipinski definition) is 5. The van der Waals surface area contributed by atoms with Crippen LogP contribution in [0, 0.1) is 0 Å². The standard InChI is InChI=1S/C24H26N6O.2C2H6/c1-3-18-21(15-27-22(31)4-2)29-24-19(14-28-30(24)23(18)25)17-11-12-20(26-13-17)16-9-7-5-6-8-10-16;2*1-2/h5-7,9-14H,3-4,8,15,25H2,1-2H3,(H,27,31);2*1-2H3. The minimum absolute atomic E-state index is 0.0205. The molecule has 1 aliphatic rings. The van der Waals surface area contributed by atoms with Crippen LogP contribution in [0.2, 0.25) is 0 Å². The van der Waals surface area contributed by atoms with Crippen LogP contribution in [0.4, 0.5) is 5.82 Å². The molecule has 7 heteroatoms. The van der Waals surface area contributed by atoms with E-state index < -0.39 is 0 Å². The molecule has 7 nitrogen and oxygen atoms in total. The van der Waals surface area contributed by atoms with Crippen LogP contribution in [-0.2, 0) is 17.8 Å². The van der Waals surface area contributed by atoms with Crippen molar-refractivity contribution in [1.82, 2.24) is 24.9 Å². The highest BCUT2D eigenvalue weighted by Crippen LogP contribution is 2.28. The van der Waals surface area contributed by atoms with Crippen molar-refractivity contribution in [2.75, 3.05) is 5.73 Å². The normalized spacial score (nSPS) is 12.1. The summed E-state index contributed by atoms with van der Waals surface area (Å²) < 4.78 is 1.66. The fourth-order valence-corrected chi connectivity index (χ4v) is 3.63. The molecule has 35 heavy (non-hydrogen) atoms. The number of rotatable bonds is 6. The Morgan fingerprint density at radius 3 is 2.54 bits per heavy atom. The van der Waals surface area contributed by atoms with Gasteiger partial charge >= 0.3 is 0 Å². The van der Waals surface area contributed by atoms with E-state index >= 15 is 0 Å². The van der Waals surface area contributed by atoms with Gasteiger partial charge in [-0.3, -0.25) is 9.78 Å². The van der Waals surface area contributed by atoms with Gasteiger partial charge in [-0.25, -0.2) is 4.98 Å². The van der Waals surface area contributed by atoms with E-state index in [2.05, 4.69) is 33.6 Å². The summed E-state index contributed by atoms with van der Waals surface area (Å²) in [4.78, 5) is 21.2. The summed E-state index contributed by atoms with van der Waals surface area (Å²) >= 11 is 0. The van der Waals surface area contributed by atoms with Gasteiger partial charge in [0, 0.05) is 29.3 Å². The average molecular weight is 475 g/mol. The quantitative estimate of drug-likeness (QED) is 0.462. The van der Waals surface area contributed by atoms with Gasteiger partial charge in [0.05, 0.1) is 24.1 Å². The molecule has 0 aromatic carbocycles. The molecule has 1 amide bonds. The molecule has 0 atom stereocenters. The number of nitrogen functional groups attached to an aromatic ring is 1. The van der Waals surface area contributed by atoms with Crippen molar-refractivity contribution >= 4 is 22.9 Å². The van der Waals surface area contributed by atoms with Gasteiger partial charge in [0.25, 0.3) is 0 Å². The molecule has 3 N–H and O–H groups in total. The summed E-state index contributed by atoms with van der Waals surface area (Å²) in [7, 11) is 0. The molecule has 3 aromatic heterocycles. The molecule has 0 fully saturated rings. The Morgan fingerprint density at radius 2 is 1.89 bits per heavy atom. The number of carbonyl (C=O) groups is 1. The zero-order valence-electron chi connectivity index (χ0n) is 21.8. The van der Waals surface area contributed by atoms with Crippen molar-refractivity contribution in [2.45, 2.75) is 67.3 Å². The molecule has 3 aromatic rings. The van der Waals surface area contributed by atoms with Gasteiger partial charge in [-0.1, -0.05) is 78.0 Å². The molecule has 0 spiro atoms. The first-order chi connectivity index (χ1) is 17.1. The van der Waals surface area contributed by atoms with Gasteiger partial charge in [0.2, 0.25) is 5.91 Å². The van der Waals surface area contributed by atoms with Gasteiger partial charge in [0.1, 0.15) is 5.82 Å². The zero-order chi connectivity index (χ0) is 25.8. The molecule has 0 saturated carbocycles.